The average Bonchev–Trinajstić information content (AvgIpc) is 2.73. The van der Waals surface area contributed by atoms with Crippen LogP contribution in [0.1, 0.15) is 17.0 Å². The molecule has 0 saturated carbocycles. The Hall–Kier alpha value is -1.68. The highest BCUT2D eigenvalue weighted by atomic mass is 19.1. The third-order valence-corrected chi connectivity index (χ3v) is 2.73. The van der Waals surface area contributed by atoms with E-state index < -0.39 is 0 Å². The van der Waals surface area contributed by atoms with E-state index in [-0.39, 0.29) is 5.82 Å². The van der Waals surface area contributed by atoms with Crippen molar-refractivity contribution in [2.75, 3.05) is 6.54 Å². The summed E-state index contributed by atoms with van der Waals surface area (Å²) >= 11 is 0. The van der Waals surface area contributed by atoms with Crippen LogP contribution in [0.5, 0.6) is 0 Å². The SMILES string of the molecule is Cc1[nH]cnc1CNCCc1ccc(F)cc1. The molecule has 2 rings (SSSR count). The van der Waals surface area contributed by atoms with E-state index in [0.29, 0.717) is 0 Å². The number of imidazole rings is 1. The minimum Gasteiger partial charge on any atom is -0.348 e. The van der Waals surface area contributed by atoms with Crippen molar-refractivity contribution >= 4 is 0 Å². The van der Waals surface area contributed by atoms with Crippen LogP contribution >= 0.6 is 0 Å². The van der Waals surface area contributed by atoms with E-state index >= 15 is 0 Å². The Morgan fingerprint density at radius 3 is 2.71 bits per heavy atom. The smallest absolute Gasteiger partial charge is 0.123 e. The van der Waals surface area contributed by atoms with Crippen LogP contribution < -0.4 is 5.32 Å². The number of benzene rings is 1. The maximum absolute atomic E-state index is 12.7. The van der Waals surface area contributed by atoms with Gasteiger partial charge in [-0.3, -0.25) is 0 Å². The number of hydrogen-bond donors (Lipinski definition) is 2. The molecule has 0 atom stereocenters. The van der Waals surface area contributed by atoms with Gasteiger partial charge < -0.3 is 10.3 Å². The first kappa shape index (κ1) is 11.8. The standard InChI is InChI=1S/C13H16FN3/c1-10-13(17-9-16-10)8-15-7-6-11-2-4-12(14)5-3-11/h2-5,9,15H,6-8H2,1H3,(H,16,17). The molecule has 0 aliphatic rings. The van der Waals surface area contributed by atoms with E-state index in [1.807, 2.05) is 19.1 Å². The molecule has 4 heteroatoms. The van der Waals surface area contributed by atoms with E-state index in [1.54, 1.807) is 6.33 Å². The molecule has 1 heterocycles. The Morgan fingerprint density at radius 1 is 1.29 bits per heavy atom. The molecule has 17 heavy (non-hydrogen) atoms. The van der Waals surface area contributed by atoms with E-state index in [1.165, 1.54) is 12.1 Å². The minimum atomic E-state index is -0.186. The molecule has 0 saturated heterocycles. The molecule has 0 aliphatic heterocycles. The van der Waals surface area contributed by atoms with E-state index in [2.05, 4.69) is 15.3 Å². The normalized spacial score (nSPS) is 10.7. The maximum Gasteiger partial charge on any atom is 0.123 e. The van der Waals surface area contributed by atoms with E-state index in [9.17, 15) is 4.39 Å². The molecule has 0 unspecified atom stereocenters. The molecule has 0 aliphatic carbocycles. The van der Waals surface area contributed by atoms with Crippen molar-refractivity contribution in [2.24, 2.45) is 0 Å². The van der Waals surface area contributed by atoms with Crippen molar-refractivity contribution in [1.82, 2.24) is 15.3 Å². The summed E-state index contributed by atoms with van der Waals surface area (Å²) in [5, 5.41) is 3.32. The van der Waals surface area contributed by atoms with Gasteiger partial charge in [-0.2, -0.15) is 0 Å². The highest BCUT2D eigenvalue weighted by Gasteiger charge is 1.99. The lowest BCUT2D eigenvalue weighted by Crippen LogP contribution is -2.17. The van der Waals surface area contributed by atoms with Crippen molar-refractivity contribution in [2.45, 2.75) is 19.9 Å². The summed E-state index contributed by atoms with van der Waals surface area (Å²) in [4.78, 5) is 7.24. The fourth-order valence-electron chi connectivity index (χ4n) is 1.66. The zero-order valence-electron chi connectivity index (χ0n) is 9.83. The summed E-state index contributed by atoms with van der Waals surface area (Å²) in [6.07, 6.45) is 2.59. The number of aromatic nitrogens is 2. The van der Waals surface area contributed by atoms with Crippen LogP contribution in [-0.4, -0.2) is 16.5 Å². The second-order valence-corrected chi connectivity index (χ2v) is 4.03. The Kier molecular flexibility index (Phi) is 3.88. The van der Waals surface area contributed by atoms with Crippen LogP contribution in [0.2, 0.25) is 0 Å². The highest BCUT2D eigenvalue weighted by molar-refractivity contribution is 5.16. The molecule has 0 fully saturated rings. The van der Waals surface area contributed by atoms with Gasteiger partial charge in [0.1, 0.15) is 5.82 Å². The maximum atomic E-state index is 12.7. The summed E-state index contributed by atoms with van der Waals surface area (Å²) in [6, 6.07) is 6.62. The Balaban J connectivity index is 1.73. The first-order valence-corrected chi connectivity index (χ1v) is 5.70. The van der Waals surface area contributed by atoms with Crippen LogP contribution in [0.15, 0.2) is 30.6 Å². The van der Waals surface area contributed by atoms with Crippen molar-refractivity contribution < 1.29 is 4.39 Å². The number of nitrogens with one attached hydrogen (secondary N) is 2. The first-order chi connectivity index (χ1) is 8.25. The predicted molar refractivity (Wildman–Crippen MR) is 65.1 cm³/mol. The third-order valence-electron chi connectivity index (χ3n) is 2.73. The summed E-state index contributed by atoms with van der Waals surface area (Å²) < 4.78 is 12.7. The molecule has 0 amide bonds. The van der Waals surface area contributed by atoms with Crippen molar-refractivity contribution in [3.8, 4) is 0 Å². The van der Waals surface area contributed by atoms with Gasteiger partial charge in [-0.1, -0.05) is 12.1 Å². The molecule has 0 radical (unpaired) electrons. The Morgan fingerprint density at radius 2 is 2.06 bits per heavy atom. The lowest BCUT2D eigenvalue weighted by molar-refractivity contribution is 0.625. The van der Waals surface area contributed by atoms with Crippen molar-refractivity contribution in [3.05, 3.63) is 53.4 Å². The summed E-state index contributed by atoms with van der Waals surface area (Å²) in [6.45, 7) is 3.62. The molecule has 90 valence electrons. The number of aryl methyl sites for hydroxylation is 1. The predicted octanol–water partition coefficient (Wildman–Crippen LogP) is 2.19. The fourth-order valence-corrected chi connectivity index (χ4v) is 1.66. The van der Waals surface area contributed by atoms with Gasteiger partial charge in [0.15, 0.2) is 0 Å². The van der Waals surface area contributed by atoms with Gasteiger partial charge >= 0.3 is 0 Å². The van der Waals surface area contributed by atoms with Gasteiger partial charge in [0.05, 0.1) is 12.0 Å². The number of halogens is 1. The molecule has 1 aromatic heterocycles. The van der Waals surface area contributed by atoms with E-state index in [4.69, 9.17) is 0 Å². The van der Waals surface area contributed by atoms with Crippen molar-refractivity contribution in [1.29, 1.82) is 0 Å². The zero-order chi connectivity index (χ0) is 12.1. The number of rotatable bonds is 5. The molecular weight excluding hydrogens is 217 g/mol. The van der Waals surface area contributed by atoms with Crippen molar-refractivity contribution in [3.63, 3.8) is 0 Å². The van der Waals surface area contributed by atoms with Gasteiger partial charge in [0.25, 0.3) is 0 Å². The molecular formula is C13H16FN3. The van der Waals surface area contributed by atoms with Gasteiger partial charge in [-0.05, 0) is 37.6 Å². The Bertz CT molecular complexity index is 462. The topological polar surface area (TPSA) is 40.7 Å². The van der Waals surface area contributed by atoms with Gasteiger partial charge in [0.2, 0.25) is 0 Å². The summed E-state index contributed by atoms with van der Waals surface area (Å²) in [7, 11) is 0. The van der Waals surface area contributed by atoms with Gasteiger partial charge in [-0.25, -0.2) is 9.37 Å². The second kappa shape index (κ2) is 5.59. The molecule has 1 aromatic carbocycles. The average molecular weight is 233 g/mol. The number of nitrogens with zero attached hydrogens (tertiary/aromatic N) is 1. The monoisotopic (exact) mass is 233 g/mol. The highest BCUT2D eigenvalue weighted by Crippen LogP contribution is 2.03. The second-order valence-electron chi connectivity index (χ2n) is 4.03. The number of aromatic amines is 1. The van der Waals surface area contributed by atoms with Crippen LogP contribution in [0, 0.1) is 12.7 Å². The zero-order valence-corrected chi connectivity index (χ0v) is 9.83. The van der Waals surface area contributed by atoms with Crippen LogP contribution in [0.3, 0.4) is 0 Å². The van der Waals surface area contributed by atoms with E-state index in [0.717, 1.165) is 36.5 Å². The number of H-pyrrole nitrogens is 1. The lowest BCUT2D eigenvalue weighted by atomic mass is 10.1. The lowest BCUT2D eigenvalue weighted by Gasteiger charge is -2.04. The first-order valence-electron chi connectivity index (χ1n) is 5.70. The molecule has 0 bridgehead atoms. The molecule has 0 spiro atoms. The largest absolute Gasteiger partial charge is 0.348 e. The Labute approximate surface area is 100 Å². The van der Waals surface area contributed by atoms with Gasteiger partial charge in [0, 0.05) is 12.2 Å². The third kappa shape index (κ3) is 3.39. The quantitative estimate of drug-likeness (QED) is 0.777. The molecule has 3 nitrogen and oxygen atoms in total. The summed E-state index contributed by atoms with van der Waals surface area (Å²) in [5.41, 5.74) is 3.28. The fraction of sp³-hybridized carbons (Fsp3) is 0.308. The molecule has 2 N–H and O–H groups in total. The van der Waals surface area contributed by atoms with Gasteiger partial charge in [-0.15, -0.1) is 0 Å². The van der Waals surface area contributed by atoms with Crippen LogP contribution in [0.25, 0.3) is 0 Å². The number of hydrogen-bond acceptors (Lipinski definition) is 2. The van der Waals surface area contributed by atoms with Crippen LogP contribution in [0.4, 0.5) is 4.39 Å². The summed E-state index contributed by atoms with van der Waals surface area (Å²) in [5.74, 6) is -0.186. The van der Waals surface area contributed by atoms with Crippen LogP contribution in [-0.2, 0) is 13.0 Å². The molecule has 2 aromatic rings. The minimum absolute atomic E-state index is 0.186.